The third-order valence-electron chi connectivity index (χ3n) is 2.31. The van der Waals surface area contributed by atoms with Crippen molar-refractivity contribution in [2.45, 2.75) is 0 Å². The molecule has 2 aromatic rings. The van der Waals surface area contributed by atoms with E-state index in [1.807, 2.05) is 0 Å². The van der Waals surface area contributed by atoms with Crippen LogP contribution in [0, 0.1) is 0 Å². The average molecular weight is 311 g/mol. The van der Waals surface area contributed by atoms with Gasteiger partial charge in [-0.2, -0.15) is 0 Å². The Balaban J connectivity index is 0.00000180. The second kappa shape index (κ2) is 7.15. The Hall–Kier alpha value is 0.0213. The number of halogens is 4. The molecule has 0 aliphatic carbocycles. The van der Waals surface area contributed by atoms with Crippen LogP contribution >= 0.6 is 11.6 Å². The van der Waals surface area contributed by atoms with Crippen molar-refractivity contribution in [2.24, 2.45) is 0 Å². The van der Waals surface area contributed by atoms with Gasteiger partial charge in [-0.25, -0.2) is 0 Å². The van der Waals surface area contributed by atoms with Crippen LogP contribution in [0.25, 0.3) is 0 Å². The van der Waals surface area contributed by atoms with Crippen LogP contribution < -0.4 is 61.6 Å². The van der Waals surface area contributed by atoms with Gasteiger partial charge in [0.05, 0.1) is 0 Å². The summed E-state index contributed by atoms with van der Waals surface area (Å²) in [5.74, 6) is 0.866. The molecule has 0 aliphatic heterocycles. The second-order valence-electron chi connectivity index (χ2n) is 3.70. The molecule has 0 N–H and O–H groups in total. The molecule has 0 bridgehead atoms. The molecule has 0 amide bonds. The average Bonchev–Trinajstić information content (AvgIpc) is 2.32. The molecule has 0 heterocycles. The minimum Gasteiger partial charge on any atom is -0.457 e. The van der Waals surface area contributed by atoms with Crippen molar-refractivity contribution in [3.63, 3.8) is 0 Å². The van der Waals surface area contributed by atoms with E-state index in [1.54, 1.807) is 24.3 Å². The number of ether oxygens (including phenoxy) is 1. The third kappa shape index (κ3) is 5.13. The molecule has 0 fully saturated rings. The van der Waals surface area contributed by atoms with E-state index in [4.69, 9.17) is 16.3 Å². The number of rotatable bonds is 3. The minimum atomic E-state index is -4.96. The Bertz CT molecular complexity index is 528. The monoisotopic (exact) mass is 310 g/mol. The van der Waals surface area contributed by atoms with Crippen molar-refractivity contribution < 1.29 is 69.1 Å². The molecular weight excluding hydrogens is 302 g/mol. The summed E-state index contributed by atoms with van der Waals surface area (Å²) in [5.41, 5.74) is -0.640. The van der Waals surface area contributed by atoms with Crippen LogP contribution in [0.15, 0.2) is 48.5 Å². The molecule has 7 heteroatoms. The predicted molar refractivity (Wildman–Crippen MR) is 66.7 cm³/mol. The summed E-state index contributed by atoms with van der Waals surface area (Å²) in [6, 6.07) is 11.2. The zero-order valence-electron chi connectivity index (χ0n) is 10.1. The van der Waals surface area contributed by atoms with Crippen LogP contribution in [0.5, 0.6) is 11.5 Å². The molecule has 0 saturated carbocycles. The molecular formula is C12H8BClF3KO. The van der Waals surface area contributed by atoms with E-state index in [0.29, 0.717) is 16.5 Å². The molecule has 0 saturated heterocycles. The van der Waals surface area contributed by atoms with Crippen molar-refractivity contribution in [2.75, 3.05) is 0 Å². The van der Waals surface area contributed by atoms with Crippen LogP contribution in [0.2, 0.25) is 5.02 Å². The Morgan fingerprint density at radius 3 is 1.63 bits per heavy atom. The van der Waals surface area contributed by atoms with E-state index in [-0.39, 0.29) is 51.4 Å². The molecule has 0 atom stereocenters. The molecule has 94 valence electrons. The van der Waals surface area contributed by atoms with Crippen LogP contribution in [0.1, 0.15) is 0 Å². The first-order valence-corrected chi connectivity index (χ1v) is 5.56. The summed E-state index contributed by atoms with van der Waals surface area (Å²) in [6.45, 7) is -4.96. The van der Waals surface area contributed by atoms with Gasteiger partial charge in [0.25, 0.3) is 0 Å². The quantitative estimate of drug-likeness (QED) is 0.774. The van der Waals surface area contributed by atoms with E-state index < -0.39 is 12.4 Å². The first-order chi connectivity index (χ1) is 8.45. The molecule has 19 heavy (non-hydrogen) atoms. The van der Waals surface area contributed by atoms with E-state index in [2.05, 4.69) is 0 Å². The van der Waals surface area contributed by atoms with Crippen LogP contribution in [0.4, 0.5) is 12.9 Å². The maximum atomic E-state index is 12.4. The standard InChI is InChI=1S/C12H8BClF3O.K/c14-10-3-7-12(8-4-10)18-11-5-1-9(2-6-11)13(15,16)17;/h1-8H;/q-1;+1. The molecule has 0 aliphatic rings. The van der Waals surface area contributed by atoms with Gasteiger partial charge in [-0.3, -0.25) is 0 Å². The second-order valence-corrected chi connectivity index (χ2v) is 4.14. The van der Waals surface area contributed by atoms with E-state index in [0.717, 1.165) is 12.1 Å². The number of benzene rings is 2. The maximum absolute atomic E-state index is 12.4. The summed E-state index contributed by atoms with van der Waals surface area (Å²) < 4.78 is 42.6. The van der Waals surface area contributed by atoms with Crippen LogP contribution in [-0.4, -0.2) is 6.98 Å². The fourth-order valence-corrected chi connectivity index (χ4v) is 1.52. The third-order valence-corrected chi connectivity index (χ3v) is 2.56. The molecule has 2 rings (SSSR count). The van der Waals surface area contributed by atoms with Crippen molar-refractivity contribution in [1.82, 2.24) is 0 Å². The molecule has 1 nitrogen and oxygen atoms in total. The molecule has 0 aromatic heterocycles. The summed E-state index contributed by atoms with van der Waals surface area (Å²) in [4.78, 5) is 0. The maximum Gasteiger partial charge on any atom is 1.00 e. The summed E-state index contributed by atoms with van der Waals surface area (Å²) in [5, 5.41) is 0.567. The zero-order chi connectivity index (χ0) is 13.2. The summed E-state index contributed by atoms with van der Waals surface area (Å²) in [6.07, 6.45) is 0. The molecule has 0 radical (unpaired) electrons. The number of hydrogen-bond acceptors (Lipinski definition) is 1. The summed E-state index contributed by atoms with van der Waals surface area (Å²) in [7, 11) is 0. The fraction of sp³-hybridized carbons (Fsp3) is 0. The van der Waals surface area contributed by atoms with E-state index in [1.165, 1.54) is 12.1 Å². The van der Waals surface area contributed by atoms with Crippen molar-refractivity contribution in [3.05, 3.63) is 53.6 Å². The van der Waals surface area contributed by atoms with Gasteiger partial charge in [0.15, 0.2) is 0 Å². The van der Waals surface area contributed by atoms with Crippen molar-refractivity contribution in [3.8, 4) is 11.5 Å². The Morgan fingerprint density at radius 2 is 1.21 bits per heavy atom. The molecule has 0 unspecified atom stereocenters. The van der Waals surface area contributed by atoms with Gasteiger partial charge in [-0.15, -0.1) is 5.46 Å². The Morgan fingerprint density at radius 1 is 0.789 bits per heavy atom. The predicted octanol–water partition coefficient (Wildman–Crippen LogP) is 1.19. The van der Waals surface area contributed by atoms with Crippen molar-refractivity contribution in [1.29, 1.82) is 0 Å². The van der Waals surface area contributed by atoms with E-state index >= 15 is 0 Å². The molecule has 2 aromatic carbocycles. The first-order valence-electron chi connectivity index (χ1n) is 5.18. The van der Waals surface area contributed by atoms with Crippen LogP contribution in [-0.2, 0) is 0 Å². The largest absolute Gasteiger partial charge is 1.00 e. The smallest absolute Gasteiger partial charge is 0.457 e. The zero-order valence-corrected chi connectivity index (χ0v) is 14.0. The van der Waals surface area contributed by atoms with Gasteiger partial charge in [0.1, 0.15) is 11.5 Å². The topological polar surface area (TPSA) is 9.23 Å². The fourth-order valence-electron chi connectivity index (χ4n) is 1.39. The van der Waals surface area contributed by atoms with Crippen molar-refractivity contribution >= 4 is 24.0 Å². The molecule has 0 spiro atoms. The number of hydrogen-bond donors (Lipinski definition) is 0. The van der Waals surface area contributed by atoms with Gasteiger partial charge >= 0.3 is 58.4 Å². The normalized spacial score (nSPS) is 10.7. The Labute approximate surface area is 156 Å². The SMILES string of the molecule is F[B-](F)(F)c1ccc(Oc2ccc(Cl)cc2)cc1.[K+]. The first kappa shape index (κ1) is 17.1. The Kier molecular flexibility index (Phi) is 6.43. The van der Waals surface area contributed by atoms with E-state index in [9.17, 15) is 12.9 Å². The van der Waals surface area contributed by atoms with Gasteiger partial charge in [-0.05, 0) is 36.4 Å². The summed E-state index contributed by atoms with van der Waals surface area (Å²) >= 11 is 5.71. The van der Waals surface area contributed by atoms with Crippen LogP contribution in [0.3, 0.4) is 0 Å². The van der Waals surface area contributed by atoms with Gasteiger partial charge < -0.3 is 17.7 Å². The minimum absolute atomic E-state index is 0. The van der Waals surface area contributed by atoms with Gasteiger partial charge in [0.2, 0.25) is 0 Å². The van der Waals surface area contributed by atoms with Gasteiger partial charge in [0, 0.05) is 5.02 Å². The van der Waals surface area contributed by atoms with Gasteiger partial charge in [-0.1, -0.05) is 23.7 Å².